The number of anilines is 1. The maximum atomic E-state index is 13.2. The highest BCUT2D eigenvalue weighted by Gasteiger charge is 2.31. The first-order valence-corrected chi connectivity index (χ1v) is 10.7. The summed E-state index contributed by atoms with van der Waals surface area (Å²) < 4.78 is 20.4. The Bertz CT molecular complexity index is 964. The smallest absolute Gasteiger partial charge is 0.169 e. The number of hydrogen-bond acceptors (Lipinski definition) is 6. The molecular formula is C23H29FN6O. The van der Waals surface area contributed by atoms with Gasteiger partial charge in [0.25, 0.3) is 0 Å². The van der Waals surface area contributed by atoms with Gasteiger partial charge in [0.15, 0.2) is 5.82 Å². The molecular weight excluding hydrogens is 395 g/mol. The van der Waals surface area contributed by atoms with Crippen LogP contribution in [0.15, 0.2) is 48.5 Å². The molecule has 0 aliphatic carbocycles. The molecule has 1 atom stereocenters. The maximum absolute atomic E-state index is 13.2. The second kappa shape index (κ2) is 9.43. The van der Waals surface area contributed by atoms with Crippen molar-refractivity contribution >= 4 is 5.69 Å². The van der Waals surface area contributed by atoms with Crippen molar-refractivity contribution in [1.29, 1.82) is 0 Å². The van der Waals surface area contributed by atoms with Gasteiger partial charge in [-0.25, -0.2) is 9.07 Å². The van der Waals surface area contributed by atoms with E-state index in [0.29, 0.717) is 12.5 Å². The van der Waals surface area contributed by atoms with Crippen LogP contribution in [-0.2, 0) is 6.54 Å². The molecule has 0 radical (unpaired) electrons. The van der Waals surface area contributed by atoms with Gasteiger partial charge in [0.05, 0.1) is 19.7 Å². The summed E-state index contributed by atoms with van der Waals surface area (Å²) in [7, 11) is 1.68. The lowest BCUT2D eigenvalue weighted by Crippen LogP contribution is -2.49. The van der Waals surface area contributed by atoms with Crippen LogP contribution >= 0.6 is 0 Å². The minimum atomic E-state index is -0.240. The summed E-state index contributed by atoms with van der Waals surface area (Å²) in [6.07, 6.45) is 0. The van der Waals surface area contributed by atoms with E-state index in [0.717, 1.165) is 43.3 Å². The molecule has 0 spiro atoms. The van der Waals surface area contributed by atoms with Crippen molar-refractivity contribution in [3.05, 3.63) is 65.7 Å². The minimum Gasteiger partial charge on any atom is -0.497 e. The highest BCUT2D eigenvalue weighted by molar-refractivity contribution is 5.49. The molecule has 1 aromatic heterocycles. The Morgan fingerprint density at radius 1 is 0.968 bits per heavy atom. The molecule has 4 rings (SSSR count). The monoisotopic (exact) mass is 424 g/mol. The van der Waals surface area contributed by atoms with Crippen molar-refractivity contribution in [2.75, 3.05) is 38.2 Å². The summed E-state index contributed by atoms with van der Waals surface area (Å²) >= 11 is 0. The predicted octanol–water partition coefficient (Wildman–Crippen LogP) is 3.39. The summed E-state index contributed by atoms with van der Waals surface area (Å²) in [5.74, 6) is 1.84. The second-order valence-corrected chi connectivity index (χ2v) is 8.23. The molecule has 2 heterocycles. The summed E-state index contributed by atoms with van der Waals surface area (Å²) in [5, 5.41) is 12.6. The molecule has 1 saturated heterocycles. The van der Waals surface area contributed by atoms with Crippen LogP contribution in [0.1, 0.15) is 31.3 Å². The zero-order valence-electron chi connectivity index (χ0n) is 18.3. The summed E-state index contributed by atoms with van der Waals surface area (Å²) in [5.41, 5.74) is 2.18. The van der Waals surface area contributed by atoms with Crippen molar-refractivity contribution < 1.29 is 9.13 Å². The first-order chi connectivity index (χ1) is 15.0. The lowest BCUT2D eigenvalue weighted by molar-refractivity contribution is 0.135. The summed E-state index contributed by atoms with van der Waals surface area (Å²) in [4.78, 5) is 4.87. The average Bonchev–Trinajstić information content (AvgIpc) is 3.23. The number of tetrazole rings is 1. The Kier molecular flexibility index (Phi) is 6.46. The molecule has 0 unspecified atom stereocenters. The molecule has 0 saturated carbocycles. The molecule has 31 heavy (non-hydrogen) atoms. The number of methoxy groups -OCH3 is 1. The molecule has 2 aromatic carbocycles. The first-order valence-electron chi connectivity index (χ1n) is 10.7. The van der Waals surface area contributed by atoms with E-state index < -0.39 is 0 Å². The summed E-state index contributed by atoms with van der Waals surface area (Å²) in [6, 6.07) is 14.8. The normalized spacial score (nSPS) is 16.0. The van der Waals surface area contributed by atoms with Crippen LogP contribution in [0.25, 0.3) is 0 Å². The van der Waals surface area contributed by atoms with Crippen LogP contribution in [0.3, 0.4) is 0 Å². The molecule has 1 aliphatic heterocycles. The average molecular weight is 425 g/mol. The Morgan fingerprint density at radius 3 is 2.26 bits per heavy atom. The SMILES string of the molecule is COc1ccc(N2CCN([C@@H](c3nnnn3Cc3ccc(F)cc3)C(C)C)CC2)cc1. The van der Waals surface area contributed by atoms with Crippen molar-refractivity contribution in [2.24, 2.45) is 5.92 Å². The van der Waals surface area contributed by atoms with E-state index in [2.05, 4.69) is 51.3 Å². The Balaban J connectivity index is 1.46. The van der Waals surface area contributed by atoms with Crippen LogP contribution in [0.2, 0.25) is 0 Å². The van der Waals surface area contributed by atoms with Crippen molar-refractivity contribution in [1.82, 2.24) is 25.1 Å². The molecule has 0 amide bonds. The molecule has 8 heteroatoms. The Morgan fingerprint density at radius 2 is 1.65 bits per heavy atom. The largest absolute Gasteiger partial charge is 0.497 e. The topological polar surface area (TPSA) is 59.3 Å². The van der Waals surface area contributed by atoms with Gasteiger partial charge in [-0.05, 0) is 58.3 Å². The van der Waals surface area contributed by atoms with Gasteiger partial charge >= 0.3 is 0 Å². The zero-order chi connectivity index (χ0) is 21.8. The molecule has 1 fully saturated rings. The van der Waals surface area contributed by atoms with Gasteiger partial charge in [-0.1, -0.05) is 26.0 Å². The Hall–Kier alpha value is -3.00. The van der Waals surface area contributed by atoms with Crippen molar-refractivity contribution in [3.63, 3.8) is 0 Å². The van der Waals surface area contributed by atoms with E-state index in [4.69, 9.17) is 4.74 Å². The predicted molar refractivity (Wildman–Crippen MR) is 118 cm³/mol. The number of halogens is 1. The van der Waals surface area contributed by atoms with Gasteiger partial charge in [0, 0.05) is 31.9 Å². The van der Waals surface area contributed by atoms with Gasteiger partial charge in [0.2, 0.25) is 0 Å². The van der Waals surface area contributed by atoms with Crippen LogP contribution in [-0.4, -0.2) is 58.4 Å². The third-order valence-electron chi connectivity index (χ3n) is 5.85. The highest BCUT2D eigenvalue weighted by Crippen LogP contribution is 2.29. The number of nitrogens with zero attached hydrogens (tertiary/aromatic N) is 6. The summed E-state index contributed by atoms with van der Waals surface area (Å²) in [6.45, 7) is 8.67. The van der Waals surface area contributed by atoms with Gasteiger partial charge in [-0.3, -0.25) is 4.90 Å². The van der Waals surface area contributed by atoms with E-state index in [1.54, 1.807) is 19.2 Å². The molecule has 3 aromatic rings. The van der Waals surface area contributed by atoms with Gasteiger partial charge in [0.1, 0.15) is 11.6 Å². The van der Waals surface area contributed by atoms with E-state index in [9.17, 15) is 4.39 Å². The number of benzene rings is 2. The molecule has 0 N–H and O–H groups in total. The van der Waals surface area contributed by atoms with Gasteiger partial charge in [-0.15, -0.1) is 5.10 Å². The van der Waals surface area contributed by atoms with Crippen LogP contribution in [0.5, 0.6) is 5.75 Å². The number of rotatable bonds is 7. The lowest BCUT2D eigenvalue weighted by Gasteiger charge is -2.41. The third-order valence-corrected chi connectivity index (χ3v) is 5.85. The first kappa shape index (κ1) is 21.2. The van der Waals surface area contributed by atoms with E-state index in [1.165, 1.54) is 17.8 Å². The molecule has 7 nitrogen and oxygen atoms in total. The molecule has 164 valence electrons. The number of hydrogen-bond donors (Lipinski definition) is 0. The second-order valence-electron chi connectivity index (χ2n) is 8.23. The number of ether oxygens (including phenoxy) is 1. The number of piperazine rings is 1. The minimum absolute atomic E-state index is 0.119. The van der Waals surface area contributed by atoms with E-state index >= 15 is 0 Å². The third kappa shape index (κ3) is 4.85. The fraction of sp³-hybridized carbons (Fsp3) is 0.435. The standard InChI is InChI=1S/C23H29FN6O/c1-17(2)22(23-25-26-27-30(23)16-18-4-6-19(24)7-5-18)29-14-12-28(13-15-29)20-8-10-21(31-3)11-9-20/h4-11,17,22H,12-16H2,1-3H3/t22-/m1/s1. The van der Waals surface area contributed by atoms with Crippen LogP contribution in [0.4, 0.5) is 10.1 Å². The van der Waals surface area contributed by atoms with E-state index in [1.807, 2.05) is 16.8 Å². The molecule has 1 aliphatic rings. The van der Waals surface area contributed by atoms with Crippen LogP contribution in [0, 0.1) is 11.7 Å². The van der Waals surface area contributed by atoms with Crippen molar-refractivity contribution in [2.45, 2.75) is 26.4 Å². The lowest BCUT2D eigenvalue weighted by atomic mass is 10.0. The number of aromatic nitrogens is 4. The fourth-order valence-corrected chi connectivity index (χ4v) is 4.23. The quantitative estimate of drug-likeness (QED) is 0.580. The highest BCUT2D eigenvalue weighted by atomic mass is 19.1. The van der Waals surface area contributed by atoms with Crippen molar-refractivity contribution in [3.8, 4) is 5.75 Å². The Labute approximate surface area is 182 Å². The van der Waals surface area contributed by atoms with Gasteiger partial charge in [-0.2, -0.15) is 0 Å². The van der Waals surface area contributed by atoms with E-state index in [-0.39, 0.29) is 11.9 Å². The fourth-order valence-electron chi connectivity index (χ4n) is 4.23. The maximum Gasteiger partial charge on any atom is 0.169 e. The molecule has 0 bridgehead atoms. The zero-order valence-corrected chi connectivity index (χ0v) is 18.3. The van der Waals surface area contributed by atoms with Gasteiger partial charge < -0.3 is 9.64 Å². The van der Waals surface area contributed by atoms with Crippen LogP contribution < -0.4 is 9.64 Å².